The van der Waals surface area contributed by atoms with Crippen molar-refractivity contribution in [3.05, 3.63) is 29.8 Å². The highest BCUT2D eigenvalue weighted by atomic mass is 16.2. The molecule has 5 nitrogen and oxygen atoms in total. The summed E-state index contributed by atoms with van der Waals surface area (Å²) in [4.78, 5) is 23.3. The third kappa shape index (κ3) is 3.42. The van der Waals surface area contributed by atoms with Crippen LogP contribution in [0, 0.1) is 5.92 Å². The predicted molar refractivity (Wildman–Crippen MR) is 80.9 cm³/mol. The molecular weight excluding hydrogens is 266 g/mol. The number of benzene rings is 1. The van der Waals surface area contributed by atoms with Gasteiger partial charge in [0, 0.05) is 29.8 Å². The first-order valence-electron chi connectivity index (χ1n) is 7.56. The molecule has 2 aliphatic heterocycles. The quantitative estimate of drug-likeness (QED) is 0.787. The summed E-state index contributed by atoms with van der Waals surface area (Å²) in [7, 11) is 0. The van der Waals surface area contributed by atoms with Gasteiger partial charge < -0.3 is 16.4 Å². The van der Waals surface area contributed by atoms with Gasteiger partial charge in [0.2, 0.25) is 11.8 Å². The molecule has 21 heavy (non-hydrogen) atoms. The Labute approximate surface area is 124 Å². The molecule has 2 bridgehead atoms. The molecule has 112 valence electrons. The van der Waals surface area contributed by atoms with Crippen LogP contribution in [-0.2, 0) is 4.79 Å². The van der Waals surface area contributed by atoms with Gasteiger partial charge in [-0.1, -0.05) is 6.07 Å². The van der Waals surface area contributed by atoms with Crippen LogP contribution in [0.4, 0.5) is 5.69 Å². The van der Waals surface area contributed by atoms with E-state index in [1.165, 1.54) is 12.8 Å². The Bertz CT molecular complexity index is 546. The van der Waals surface area contributed by atoms with E-state index in [4.69, 9.17) is 5.73 Å². The smallest absolute Gasteiger partial charge is 0.248 e. The molecule has 0 radical (unpaired) electrons. The maximum Gasteiger partial charge on any atom is 0.248 e. The average molecular weight is 287 g/mol. The molecule has 2 atom stereocenters. The summed E-state index contributed by atoms with van der Waals surface area (Å²) in [6.45, 7) is 0. The van der Waals surface area contributed by atoms with Crippen LogP contribution in [0.1, 0.15) is 42.5 Å². The minimum atomic E-state index is -0.485. The number of nitrogens with one attached hydrogen (secondary N) is 2. The number of hydrogen-bond acceptors (Lipinski definition) is 3. The van der Waals surface area contributed by atoms with Crippen molar-refractivity contribution >= 4 is 17.5 Å². The van der Waals surface area contributed by atoms with E-state index < -0.39 is 5.91 Å². The molecule has 1 aromatic rings. The second-order valence-electron chi connectivity index (χ2n) is 6.17. The lowest BCUT2D eigenvalue weighted by Crippen LogP contribution is -2.39. The molecule has 4 N–H and O–H groups in total. The van der Waals surface area contributed by atoms with E-state index in [-0.39, 0.29) is 5.91 Å². The highest BCUT2D eigenvalue weighted by Crippen LogP contribution is 2.32. The van der Waals surface area contributed by atoms with E-state index in [1.807, 2.05) is 0 Å². The number of carbonyl (C=O) groups is 2. The van der Waals surface area contributed by atoms with Crippen LogP contribution in [0.15, 0.2) is 24.3 Å². The Morgan fingerprint density at radius 3 is 2.62 bits per heavy atom. The van der Waals surface area contributed by atoms with E-state index in [0.29, 0.717) is 35.7 Å². The molecule has 0 aliphatic carbocycles. The van der Waals surface area contributed by atoms with Crippen molar-refractivity contribution in [1.82, 2.24) is 5.32 Å². The number of hydrogen-bond donors (Lipinski definition) is 3. The van der Waals surface area contributed by atoms with E-state index >= 15 is 0 Å². The van der Waals surface area contributed by atoms with Crippen molar-refractivity contribution in [2.24, 2.45) is 11.7 Å². The number of fused-ring (bicyclic) bond motifs is 2. The summed E-state index contributed by atoms with van der Waals surface area (Å²) < 4.78 is 0. The Kier molecular flexibility index (Phi) is 3.92. The Morgan fingerprint density at radius 2 is 1.95 bits per heavy atom. The number of rotatable bonds is 4. The SMILES string of the molecule is NC(=O)c1cccc(NC(=O)CC2CC3CCC(C2)N3)c1. The monoisotopic (exact) mass is 287 g/mol. The van der Waals surface area contributed by atoms with Crippen LogP contribution in [0.3, 0.4) is 0 Å². The summed E-state index contributed by atoms with van der Waals surface area (Å²) in [5, 5.41) is 6.45. The highest BCUT2D eigenvalue weighted by molar-refractivity contribution is 5.96. The van der Waals surface area contributed by atoms with Crippen molar-refractivity contribution in [2.45, 2.75) is 44.2 Å². The standard InChI is InChI=1S/C16H21N3O2/c17-16(21)11-2-1-3-12(9-11)19-15(20)8-10-6-13-4-5-14(7-10)18-13/h1-3,9-10,13-14,18H,4-8H2,(H2,17,21)(H,19,20). The molecule has 3 rings (SSSR count). The maximum absolute atomic E-state index is 12.1. The summed E-state index contributed by atoms with van der Waals surface area (Å²) in [6.07, 6.45) is 5.21. The molecule has 2 aliphatic rings. The Balaban J connectivity index is 1.56. The van der Waals surface area contributed by atoms with Gasteiger partial charge in [0.25, 0.3) is 0 Å². The van der Waals surface area contributed by atoms with Gasteiger partial charge in [-0.3, -0.25) is 9.59 Å². The van der Waals surface area contributed by atoms with Crippen LogP contribution in [0.25, 0.3) is 0 Å². The lowest BCUT2D eigenvalue weighted by atomic mass is 9.89. The number of anilines is 1. The molecule has 2 fully saturated rings. The minimum absolute atomic E-state index is 0.0166. The lowest BCUT2D eigenvalue weighted by Gasteiger charge is -2.28. The summed E-state index contributed by atoms with van der Waals surface area (Å²) >= 11 is 0. The van der Waals surface area contributed by atoms with Gasteiger partial charge in [-0.25, -0.2) is 0 Å². The van der Waals surface area contributed by atoms with Crippen molar-refractivity contribution in [3.8, 4) is 0 Å². The molecular formula is C16H21N3O2. The predicted octanol–water partition coefficient (Wildman–Crippen LogP) is 1.64. The summed E-state index contributed by atoms with van der Waals surface area (Å²) in [5.74, 6) is -0.00739. The topological polar surface area (TPSA) is 84.2 Å². The van der Waals surface area contributed by atoms with E-state index in [1.54, 1.807) is 24.3 Å². The van der Waals surface area contributed by atoms with Gasteiger partial charge in [0.1, 0.15) is 0 Å². The van der Waals surface area contributed by atoms with Crippen LogP contribution >= 0.6 is 0 Å². The lowest BCUT2D eigenvalue weighted by molar-refractivity contribution is -0.117. The van der Waals surface area contributed by atoms with E-state index in [0.717, 1.165) is 12.8 Å². The normalized spacial score (nSPS) is 27.3. The zero-order chi connectivity index (χ0) is 14.8. The number of primary amides is 1. The first-order valence-corrected chi connectivity index (χ1v) is 7.56. The molecule has 0 spiro atoms. The fourth-order valence-corrected chi connectivity index (χ4v) is 3.57. The fraction of sp³-hybridized carbons (Fsp3) is 0.500. The van der Waals surface area contributed by atoms with Crippen molar-refractivity contribution in [3.63, 3.8) is 0 Å². The van der Waals surface area contributed by atoms with Gasteiger partial charge >= 0.3 is 0 Å². The maximum atomic E-state index is 12.1. The van der Waals surface area contributed by atoms with Crippen LogP contribution in [0.5, 0.6) is 0 Å². The zero-order valence-corrected chi connectivity index (χ0v) is 12.0. The van der Waals surface area contributed by atoms with Gasteiger partial charge in [-0.15, -0.1) is 0 Å². The molecule has 2 amide bonds. The first kappa shape index (κ1) is 14.1. The second kappa shape index (κ2) is 5.85. The first-order chi connectivity index (χ1) is 10.1. The second-order valence-corrected chi connectivity index (χ2v) is 6.17. The Morgan fingerprint density at radius 1 is 1.24 bits per heavy atom. The van der Waals surface area contributed by atoms with Gasteiger partial charge in [0.15, 0.2) is 0 Å². The number of nitrogens with two attached hydrogens (primary N) is 1. The molecule has 2 heterocycles. The largest absolute Gasteiger partial charge is 0.366 e. The molecule has 5 heteroatoms. The summed E-state index contributed by atoms with van der Waals surface area (Å²) in [6, 6.07) is 7.95. The van der Waals surface area contributed by atoms with Crippen LogP contribution in [-0.4, -0.2) is 23.9 Å². The Hall–Kier alpha value is -1.88. The number of amides is 2. The van der Waals surface area contributed by atoms with Crippen molar-refractivity contribution < 1.29 is 9.59 Å². The van der Waals surface area contributed by atoms with Crippen LogP contribution in [0.2, 0.25) is 0 Å². The van der Waals surface area contributed by atoms with Crippen LogP contribution < -0.4 is 16.4 Å². The molecule has 2 unspecified atom stereocenters. The number of carbonyl (C=O) groups excluding carboxylic acids is 2. The van der Waals surface area contributed by atoms with E-state index in [9.17, 15) is 9.59 Å². The highest BCUT2D eigenvalue weighted by Gasteiger charge is 2.34. The summed E-state index contributed by atoms with van der Waals surface area (Å²) in [5.41, 5.74) is 6.28. The molecule has 1 aromatic carbocycles. The third-order valence-corrected chi connectivity index (χ3v) is 4.48. The molecule has 0 aromatic heterocycles. The number of piperidine rings is 1. The molecule has 0 saturated carbocycles. The zero-order valence-electron chi connectivity index (χ0n) is 12.0. The van der Waals surface area contributed by atoms with Gasteiger partial charge in [-0.2, -0.15) is 0 Å². The van der Waals surface area contributed by atoms with Crippen molar-refractivity contribution in [2.75, 3.05) is 5.32 Å². The molecule has 2 saturated heterocycles. The van der Waals surface area contributed by atoms with Crippen molar-refractivity contribution in [1.29, 1.82) is 0 Å². The minimum Gasteiger partial charge on any atom is -0.366 e. The fourth-order valence-electron chi connectivity index (χ4n) is 3.57. The average Bonchev–Trinajstić information content (AvgIpc) is 2.78. The van der Waals surface area contributed by atoms with Gasteiger partial charge in [-0.05, 0) is 49.8 Å². The van der Waals surface area contributed by atoms with Gasteiger partial charge in [0.05, 0.1) is 0 Å². The third-order valence-electron chi connectivity index (χ3n) is 4.48. The van der Waals surface area contributed by atoms with E-state index in [2.05, 4.69) is 10.6 Å².